The van der Waals surface area contributed by atoms with Gasteiger partial charge in [0, 0.05) is 23.2 Å². The number of amides is 1. The summed E-state index contributed by atoms with van der Waals surface area (Å²) in [5.74, 6) is 0.592. The van der Waals surface area contributed by atoms with Crippen LogP contribution in [-0.2, 0) is 19.3 Å². The summed E-state index contributed by atoms with van der Waals surface area (Å²) in [6.45, 7) is 0.643. The van der Waals surface area contributed by atoms with E-state index in [2.05, 4.69) is 27.6 Å². The Morgan fingerprint density at radius 1 is 1.04 bits per heavy atom. The second kappa shape index (κ2) is 12.3. The van der Waals surface area contributed by atoms with Crippen molar-refractivity contribution in [2.75, 3.05) is 26.1 Å². The fourth-order valence-electron chi connectivity index (χ4n) is 7.99. The van der Waals surface area contributed by atoms with E-state index in [0.29, 0.717) is 41.8 Å². The number of carbonyl (C=O) groups excluding carboxylic acids is 1. The Balaban J connectivity index is 1.19. The van der Waals surface area contributed by atoms with Gasteiger partial charge in [0.05, 0.1) is 53.5 Å². The molecule has 1 fully saturated rings. The molecule has 1 saturated heterocycles. The predicted molar refractivity (Wildman–Crippen MR) is 190 cm³/mol. The highest BCUT2D eigenvalue weighted by Crippen LogP contribution is 2.50. The smallest absolute Gasteiger partial charge is 0.434 e. The number of hydrogen-bond acceptors (Lipinski definition) is 10. The van der Waals surface area contributed by atoms with E-state index in [1.165, 1.54) is 35.6 Å². The Hall–Kier alpha value is -5.56. The Kier molecular flexibility index (Phi) is 7.60. The summed E-state index contributed by atoms with van der Waals surface area (Å²) >= 11 is 1.52. The molecule has 13 heteroatoms. The van der Waals surface area contributed by atoms with E-state index in [9.17, 15) is 14.0 Å². The summed E-state index contributed by atoms with van der Waals surface area (Å²) in [6.07, 6.45) is 6.10. The number of rotatable bonds is 9. The third-order valence-electron chi connectivity index (χ3n) is 10.3. The molecule has 4 aromatic heterocycles. The molecule has 1 amide bonds. The third kappa shape index (κ3) is 5.17. The number of thiophene rings is 1. The molecule has 11 nitrogen and oxygen atoms in total. The van der Waals surface area contributed by atoms with Crippen LogP contribution in [-0.4, -0.2) is 51.7 Å². The summed E-state index contributed by atoms with van der Waals surface area (Å²) in [4.78, 5) is 39.2. The number of aromatic amines is 1. The SMILES string of the molecule is COc1ccc(CCc2nc3c(c(-c4cc5ccnc(N[C@@H]6CCc7c(OC)cccc76)c5s4)c2-c2n[nH]c(=O)o2)C(=O)N2CCC[C@@H]32)cc1F. The number of pyridine rings is 2. The standard InChI is InChI=1S/C38H33FN6O5S/c1-48-27-7-3-5-21-22(27)10-12-24(21)42-35-34-20(14-15-40-35)18-29(51-34)31-30(36-43-44-38(47)50-36)25(11-8-19-9-13-28(49-2)23(39)17-19)41-33-26-6-4-16-45(26)37(46)32(31)33/h3,5,7,9,13-15,17-18,24,26H,4,6,8,10-12,16H2,1-2H3,(H,40,42)(H,44,47)/t24-,26+/m1/s1. The first kappa shape index (κ1) is 31.4. The summed E-state index contributed by atoms with van der Waals surface area (Å²) in [6, 6.07) is 14.9. The summed E-state index contributed by atoms with van der Waals surface area (Å²) in [5, 5.41) is 11.3. The number of benzene rings is 2. The summed E-state index contributed by atoms with van der Waals surface area (Å²) in [5.41, 5.74) is 6.09. The van der Waals surface area contributed by atoms with E-state index in [4.69, 9.17) is 23.9 Å². The van der Waals surface area contributed by atoms with Gasteiger partial charge < -0.3 is 24.1 Å². The van der Waals surface area contributed by atoms with Crippen molar-refractivity contribution in [2.45, 2.75) is 50.6 Å². The van der Waals surface area contributed by atoms with Gasteiger partial charge in [-0.05, 0) is 90.9 Å². The van der Waals surface area contributed by atoms with Crippen molar-refractivity contribution in [3.63, 3.8) is 0 Å². The van der Waals surface area contributed by atoms with Crippen LogP contribution in [0.4, 0.5) is 10.2 Å². The van der Waals surface area contributed by atoms with Crippen molar-refractivity contribution in [3.05, 3.63) is 105 Å². The molecular formula is C38H33FN6O5S. The minimum Gasteiger partial charge on any atom is -0.496 e. The summed E-state index contributed by atoms with van der Waals surface area (Å²) in [7, 11) is 3.13. The molecule has 0 saturated carbocycles. The van der Waals surface area contributed by atoms with E-state index >= 15 is 0 Å². The minimum absolute atomic E-state index is 0.0477. The van der Waals surface area contributed by atoms with Crippen LogP contribution >= 0.6 is 11.3 Å². The lowest BCUT2D eigenvalue weighted by Crippen LogP contribution is -2.22. The Morgan fingerprint density at radius 2 is 1.92 bits per heavy atom. The maximum atomic E-state index is 14.7. The van der Waals surface area contributed by atoms with Gasteiger partial charge in [0.15, 0.2) is 11.6 Å². The second-order valence-electron chi connectivity index (χ2n) is 13.1. The van der Waals surface area contributed by atoms with Crippen LogP contribution in [0.25, 0.3) is 32.0 Å². The molecule has 2 N–H and O–H groups in total. The highest BCUT2D eigenvalue weighted by molar-refractivity contribution is 7.23. The number of H-pyrrole nitrogens is 1. The lowest BCUT2D eigenvalue weighted by atomic mass is 9.93. The molecular weight excluding hydrogens is 672 g/mol. The van der Waals surface area contributed by atoms with Gasteiger partial charge in [-0.1, -0.05) is 18.2 Å². The first-order valence-electron chi connectivity index (χ1n) is 17.0. The average Bonchev–Trinajstić information content (AvgIpc) is 3.98. The second-order valence-corrected chi connectivity index (χ2v) is 14.1. The average molecular weight is 705 g/mol. The van der Waals surface area contributed by atoms with Crippen LogP contribution < -0.4 is 20.5 Å². The fraction of sp³-hybridized carbons (Fsp3) is 0.289. The Morgan fingerprint density at radius 3 is 2.73 bits per heavy atom. The van der Waals surface area contributed by atoms with Crippen molar-refractivity contribution in [2.24, 2.45) is 0 Å². The Labute approximate surface area is 295 Å². The third-order valence-corrected chi connectivity index (χ3v) is 11.5. The van der Waals surface area contributed by atoms with Gasteiger partial charge in [0.25, 0.3) is 11.8 Å². The lowest BCUT2D eigenvalue weighted by Gasteiger charge is -2.16. The molecule has 2 aliphatic heterocycles. The Bertz CT molecular complexity index is 2420. The molecule has 0 spiro atoms. The first-order valence-corrected chi connectivity index (χ1v) is 17.8. The van der Waals surface area contributed by atoms with Gasteiger partial charge in [0.2, 0.25) is 0 Å². The topological polar surface area (TPSA) is 135 Å². The van der Waals surface area contributed by atoms with Crippen LogP contribution in [0, 0.1) is 5.82 Å². The van der Waals surface area contributed by atoms with Gasteiger partial charge >= 0.3 is 5.76 Å². The number of nitrogens with one attached hydrogen (secondary N) is 2. The molecule has 2 atom stereocenters. The zero-order chi connectivity index (χ0) is 34.8. The molecule has 6 aromatic rings. The summed E-state index contributed by atoms with van der Waals surface area (Å²) < 4.78 is 32.0. The number of carbonyl (C=O) groups is 1. The molecule has 0 bridgehead atoms. The van der Waals surface area contributed by atoms with Crippen molar-refractivity contribution in [1.29, 1.82) is 0 Å². The fourth-order valence-corrected chi connectivity index (χ4v) is 9.16. The van der Waals surface area contributed by atoms with E-state index in [1.807, 2.05) is 29.2 Å². The molecule has 1 aliphatic carbocycles. The normalized spacial score (nSPS) is 17.5. The molecule has 9 rings (SSSR count). The largest absolute Gasteiger partial charge is 0.496 e. The number of nitrogens with zero attached hydrogens (tertiary/aromatic N) is 4. The van der Waals surface area contributed by atoms with Gasteiger partial charge in [-0.25, -0.2) is 19.3 Å². The number of anilines is 1. The minimum atomic E-state index is -0.716. The highest BCUT2D eigenvalue weighted by Gasteiger charge is 2.45. The number of fused-ring (bicyclic) bond motifs is 5. The number of methoxy groups -OCH3 is 2. The predicted octanol–water partition coefficient (Wildman–Crippen LogP) is 7.03. The van der Waals surface area contributed by atoms with Gasteiger partial charge in [0.1, 0.15) is 11.6 Å². The molecule has 51 heavy (non-hydrogen) atoms. The maximum Gasteiger partial charge on any atom is 0.434 e. The zero-order valence-corrected chi connectivity index (χ0v) is 28.7. The quantitative estimate of drug-likeness (QED) is 0.163. The van der Waals surface area contributed by atoms with Crippen molar-refractivity contribution in [3.8, 4) is 33.4 Å². The van der Waals surface area contributed by atoms with E-state index in [0.717, 1.165) is 63.5 Å². The molecule has 0 radical (unpaired) electrons. The number of halogens is 1. The first-order chi connectivity index (χ1) is 24.9. The molecule has 3 aliphatic rings. The van der Waals surface area contributed by atoms with E-state index in [-0.39, 0.29) is 29.6 Å². The van der Waals surface area contributed by atoms with E-state index in [1.54, 1.807) is 19.4 Å². The van der Waals surface area contributed by atoms with Crippen molar-refractivity contribution >= 4 is 33.1 Å². The highest BCUT2D eigenvalue weighted by atomic mass is 32.1. The molecule has 258 valence electrons. The number of aryl methyl sites for hydroxylation is 2. The van der Waals surface area contributed by atoms with Gasteiger partial charge in [-0.2, -0.15) is 0 Å². The zero-order valence-electron chi connectivity index (χ0n) is 27.9. The van der Waals surface area contributed by atoms with Crippen LogP contribution in [0.5, 0.6) is 11.5 Å². The number of ether oxygens (including phenoxy) is 2. The lowest BCUT2D eigenvalue weighted by molar-refractivity contribution is 0.0776. The number of hydrogen-bond donors (Lipinski definition) is 2. The van der Waals surface area contributed by atoms with E-state index < -0.39 is 11.6 Å². The van der Waals surface area contributed by atoms with Crippen LogP contribution in [0.2, 0.25) is 0 Å². The van der Waals surface area contributed by atoms with Crippen LogP contribution in [0.15, 0.2) is 63.9 Å². The molecule has 2 aromatic carbocycles. The molecule has 6 heterocycles. The monoisotopic (exact) mass is 704 g/mol. The van der Waals surface area contributed by atoms with Gasteiger partial charge in [-0.3, -0.25) is 9.78 Å². The molecule has 0 unspecified atom stereocenters. The maximum absolute atomic E-state index is 14.7. The van der Waals surface area contributed by atoms with Crippen molar-refractivity contribution in [1.82, 2.24) is 25.1 Å². The van der Waals surface area contributed by atoms with Gasteiger partial charge in [-0.15, -0.1) is 16.4 Å². The van der Waals surface area contributed by atoms with Crippen LogP contribution in [0.1, 0.15) is 69.8 Å². The van der Waals surface area contributed by atoms with Crippen LogP contribution in [0.3, 0.4) is 0 Å². The number of aromatic nitrogens is 4. The van der Waals surface area contributed by atoms with Crippen molar-refractivity contribution < 1.29 is 23.1 Å².